The Balaban J connectivity index is 2.14. The molecule has 2 nitrogen and oxygen atoms in total. The van der Waals surface area contributed by atoms with Crippen LogP contribution in [0.25, 0.3) is 0 Å². The fourth-order valence-corrected chi connectivity index (χ4v) is 2.44. The minimum absolute atomic E-state index is 0.150. The van der Waals surface area contributed by atoms with Crippen LogP contribution in [-0.2, 0) is 4.74 Å². The van der Waals surface area contributed by atoms with Crippen LogP contribution in [-0.4, -0.2) is 19.3 Å². The molecule has 1 aliphatic heterocycles. The number of ether oxygens (including phenoxy) is 1. The highest BCUT2D eigenvalue weighted by Gasteiger charge is 2.23. The first-order valence-electron chi connectivity index (χ1n) is 6.50. The number of hydrogen-bond donors (Lipinski definition) is 1. The monoisotopic (exact) mass is 255 g/mol. The van der Waals surface area contributed by atoms with E-state index in [0.29, 0.717) is 18.5 Å². The molecule has 0 aliphatic carbocycles. The van der Waals surface area contributed by atoms with Gasteiger partial charge < -0.3 is 10.1 Å². The molecule has 0 aromatic heterocycles. The normalized spacial score (nSPS) is 21.2. The van der Waals surface area contributed by atoms with Gasteiger partial charge in [-0.3, -0.25) is 0 Å². The Morgan fingerprint density at radius 3 is 2.94 bits per heavy atom. The summed E-state index contributed by atoms with van der Waals surface area (Å²) in [6.45, 7) is 3.45. The summed E-state index contributed by atoms with van der Waals surface area (Å²) in [6.07, 6.45) is 2.89. The second-order valence-corrected chi connectivity index (χ2v) is 4.65. The van der Waals surface area contributed by atoms with E-state index in [2.05, 4.69) is 5.32 Å². The third kappa shape index (κ3) is 3.27. The van der Waals surface area contributed by atoms with Crippen molar-refractivity contribution in [2.75, 3.05) is 13.2 Å². The first-order chi connectivity index (χ1) is 8.70. The van der Waals surface area contributed by atoms with Crippen molar-refractivity contribution in [3.63, 3.8) is 0 Å². The predicted molar refractivity (Wildman–Crippen MR) is 66.4 cm³/mol. The summed E-state index contributed by atoms with van der Waals surface area (Å²) in [4.78, 5) is 0. The minimum Gasteiger partial charge on any atom is -0.378 e. The lowest BCUT2D eigenvalue weighted by atomic mass is 9.98. The summed E-state index contributed by atoms with van der Waals surface area (Å²) in [7, 11) is 0. The topological polar surface area (TPSA) is 21.3 Å². The molecule has 2 unspecified atom stereocenters. The van der Waals surface area contributed by atoms with Gasteiger partial charge in [-0.15, -0.1) is 0 Å². The lowest BCUT2D eigenvalue weighted by Gasteiger charge is -2.22. The fourth-order valence-electron chi connectivity index (χ4n) is 2.44. The van der Waals surface area contributed by atoms with Gasteiger partial charge in [0.15, 0.2) is 0 Å². The number of rotatable bonds is 5. The number of benzene rings is 1. The number of halogens is 2. The van der Waals surface area contributed by atoms with Gasteiger partial charge in [0, 0.05) is 18.2 Å². The van der Waals surface area contributed by atoms with Crippen LogP contribution in [0.15, 0.2) is 18.2 Å². The molecule has 1 aliphatic rings. The number of hydrogen-bond acceptors (Lipinski definition) is 2. The largest absolute Gasteiger partial charge is 0.378 e. The molecular weight excluding hydrogens is 236 g/mol. The Labute approximate surface area is 106 Å². The van der Waals surface area contributed by atoms with E-state index in [1.807, 2.05) is 6.92 Å². The van der Waals surface area contributed by atoms with Gasteiger partial charge in [0.1, 0.15) is 11.6 Å². The Hall–Kier alpha value is -1.00. The quantitative estimate of drug-likeness (QED) is 0.872. The van der Waals surface area contributed by atoms with Crippen molar-refractivity contribution in [2.24, 2.45) is 0 Å². The second kappa shape index (κ2) is 6.25. The summed E-state index contributed by atoms with van der Waals surface area (Å²) < 4.78 is 32.6. The van der Waals surface area contributed by atoms with E-state index in [1.165, 1.54) is 12.1 Å². The summed E-state index contributed by atoms with van der Waals surface area (Å²) in [5.41, 5.74) is 0.396. The molecule has 4 heteroatoms. The van der Waals surface area contributed by atoms with Gasteiger partial charge in [-0.05, 0) is 44.0 Å². The molecule has 0 radical (unpaired) electrons. The van der Waals surface area contributed by atoms with Gasteiger partial charge in [0.2, 0.25) is 0 Å². The van der Waals surface area contributed by atoms with Gasteiger partial charge in [-0.25, -0.2) is 8.78 Å². The smallest absolute Gasteiger partial charge is 0.128 e. The Morgan fingerprint density at radius 2 is 2.28 bits per heavy atom. The summed E-state index contributed by atoms with van der Waals surface area (Å²) in [6, 6.07) is 3.42. The van der Waals surface area contributed by atoms with E-state index in [4.69, 9.17) is 4.74 Å². The summed E-state index contributed by atoms with van der Waals surface area (Å²) >= 11 is 0. The van der Waals surface area contributed by atoms with E-state index in [9.17, 15) is 8.78 Å². The molecule has 18 heavy (non-hydrogen) atoms. The molecule has 2 rings (SSSR count). The van der Waals surface area contributed by atoms with Crippen LogP contribution < -0.4 is 5.32 Å². The first-order valence-corrected chi connectivity index (χ1v) is 6.50. The van der Waals surface area contributed by atoms with Crippen molar-refractivity contribution >= 4 is 0 Å². The maximum Gasteiger partial charge on any atom is 0.128 e. The zero-order valence-electron chi connectivity index (χ0n) is 10.6. The van der Waals surface area contributed by atoms with Crippen LogP contribution in [0.5, 0.6) is 0 Å². The highest BCUT2D eigenvalue weighted by Crippen LogP contribution is 2.27. The van der Waals surface area contributed by atoms with Crippen LogP contribution in [0.3, 0.4) is 0 Å². The maximum atomic E-state index is 13.8. The van der Waals surface area contributed by atoms with Crippen LogP contribution in [0.4, 0.5) is 8.78 Å². The Bertz CT molecular complexity index is 391. The maximum absolute atomic E-state index is 13.8. The molecule has 100 valence electrons. The van der Waals surface area contributed by atoms with Crippen molar-refractivity contribution < 1.29 is 13.5 Å². The fraction of sp³-hybridized carbons (Fsp3) is 0.571. The van der Waals surface area contributed by atoms with Crippen molar-refractivity contribution in [2.45, 2.75) is 38.3 Å². The molecule has 0 saturated carbocycles. The third-order valence-corrected chi connectivity index (χ3v) is 3.31. The van der Waals surface area contributed by atoms with Crippen molar-refractivity contribution in [1.82, 2.24) is 5.32 Å². The molecule has 1 fully saturated rings. The molecule has 2 atom stereocenters. The Morgan fingerprint density at radius 1 is 1.44 bits per heavy atom. The zero-order chi connectivity index (χ0) is 13.0. The van der Waals surface area contributed by atoms with E-state index in [-0.39, 0.29) is 18.0 Å². The van der Waals surface area contributed by atoms with Gasteiger partial charge >= 0.3 is 0 Å². The van der Waals surface area contributed by atoms with Gasteiger partial charge in [-0.1, -0.05) is 6.92 Å². The average Bonchev–Trinajstić information content (AvgIpc) is 2.85. The van der Waals surface area contributed by atoms with Gasteiger partial charge in [0.05, 0.1) is 6.10 Å². The second-order valence-electron chi connectivity index (χ2n) is 4.65. The third-order valence-electron chi connectivity index (χ3n) is 3.31. The van der Waals surface area contributed by atoms with Crippen molar-refractivity contribution in [3.05, 3.63) is 35.4 Å². The number of nitrogens with one attached hydrogen (secondary N) is 1. The molecule has 1 aromatic rings. The lowest BCUT2D eigenvalue weighted by molar-refractivity contribution is 0.0943. The van der Waals surface area contributed by atoms with Gasteiger partial charge in [0.25, 0.3) is 0 Å². The minimum atomic E-state index is -0.401. The van der Waals surface area contributed by atoms with Gasteiger partial charge in [-0.2, -0.15) is 0 Å². The van der Waals surface area contributed by atoms with E-state index >= 15 is 0 Å². The van der Waals surface area contributed by atoms with Crippen LogP contribution in [0, 0.1) is 11.6 Å². The highest BCUT2D eigenvalue weighted by atomic mass is 19.1. The lowest BCUT2D eigenvalue weighted by Crippen LogP contribution is -2.26. The SMILES string of the molecule is CCNC(CC1CCCO1)c1cc(F)ccc1F. The van der Waals surface area contributed by atoms with E-state index < -0.39 is 5.82 Å². The highest BCUT2D eigenvalue weighted by molar-refractivity contribution is 5.22. The predicted octanol–water partition coefficient (Wildman–Crippen LogP) is 3.18. The summed E-state index contributed by atoms with van der Waals surface area (Å²) in [5.74, 6) is -0.762. The average molecular weight is 255 g/mol. The van der Waals surface area contributed by atoms with Crippen LogP contribution >= 0.6 is 0 Å². The van der Waals surface area contributed by atoms with Crippen molar-refractivity contribution in [1.29, 1.82) is 0 Å². The Kier molecular flexibility index (Phi) is 4.66. The zero-order valence-corrected chi connectivity index (χ0v) is 10.6. The molecule has 1 N–H and O–H groups in total. The molecule has 1 heterocycles. The molecule has 0 bridgehead atoms. The molecule has 0 amide bonds. The van der Waals surface area contributed by atoms with Crippen LogP contribution in [0.2, 0.25) is 0 Å². The molecular formula is C14H19F2NO. The molecule has 1 aromatic carbocycles. The standard InChI is InChI=1S/C14H19F2NO/c1-2-17-14(9-11-4-3-7-18-11)12-8-10(15)5-6-13(12)16/h5-6,8,11,14,17H,2-4,7,9H2,1H3. The molecule has 0 spiro atoms. The summed E-state index contributed by atoms with van der Waals surface area (Å²) in [5, 5.41) is 3.21. The van der Waals surface area contributed by atoms with E-state index in [0.717, 1.165) is 25.5 Å². The molecule has 1 saturated heterocycles. The van der Waals surface area contributed by atoms with E-state index in [1.54, 1.807) is 0 Å². The van der Waals surface area contributed by atoms with Crippen molar-refractivity contribution in [3.8, 4) is 0 Å². The van der Waals surface area contributed by atoms with Crippen LogP contribution in [0.1, 0.15) is 37.8 Å². The first kappa shape index (κ1) is 13.4.